The van der Waals surface area contributed by atoms with Crippen LogP contribution in [0.4, 0.5) is 0 Å². The van der Waals surface area contributed by atoms with E-state index in [1.807, 2.05) is 31.2 Å². The van der Waals surface area contributed by atoms with Crippen molar-refractivity contribution < 1.29 is 4.79 Å². The van der Waals surface area contributed by atoms with Gasteiger partial charge in [-0.2, -0.15) is 0 Å². The number of carbonyl (C=O) groups excluding carboxylic acids is 1. The zero-order valence-corrected chi connectivity index (χ0v) is 11.3. The highest BCUT2D eigenvalue weighted by Gasteiger charge is 2.28. The zero-order chi connectivity index (χ0) is 13.1. The third kappa shape index (κ3) is 3.24. The number of hydrogen-bond acceptors (Lipinski definition) is 2. The van der Waals surface area contributed by atoms with E-state index in [2.05, 4.69) is 5.32 Å². The smallest absolute Gasteiger partial charge is 0.223 e. The van der Waals surface area contributed by atoms with Gasteiger partial charge in [0, 0.05) is 17.0 Å². The van der Waals surface area contributed by atoms with E-state index >= 15 is 0 Å². The highest BCUT2D eigenvalue weighted by atomic mass is 35.5. The molecule has 3 nitrogen and oxygen atoms in total. The van der Waals surface area contributed by atoms with Crippen LogP contribution >= 0.6 is 11.6 Å². The standard InChI is InChI=1S/C14H19ClN2O/c1-9(10-2-5-12(15)6-3-10)17-14(18)11-4-7-13(16)8-11/h2-3,5-6,9,11,13H,4,7-8,16H2,1H3,(H,17,18). The molecule has 1 amide bonds. The summed E-state index contributed by atoms with van der Waals surface area (Å²) in [6.45, 7) is 1.98. The van der Waals surface area contributed by atoms with Crippen LogP contribution in [0.15, 0.2) is 24.3 Å². The summed E-state index contributed by atoms with van der Waals surface area (Å²) in [5, 5.41) is 3.75. The first-order valence-electron chi connectivity index (χ1n) is 6.37. The average molecular weight is 267 g/mol. The Bertz CT molecular complexity index is 418. The Labute approximate surface area is 113 Å². The van der Waals surface area contributed by atoms with Gasteiger partial charge in [-0.3, -0.25) is 4.79 Å². The van der Waals surface area contributed by atoms with E-state index in [1.54, 1.807) is 0 Å². The van der Waals surface area contributed by atoms with Gasteiger partial charge in [0.1, 0.15) is 0 Å². The SMILES string of the molecule is CC(NC(=O)C1CCC(N)C1)c1ccc(Cl)cc1. The maximum Gasteiger partial charge on any atom is 0.223 e. The van der Waals surface area contributed by atoms with Gasteiger partial charge >= 0.3 is 0 Å². The molecule has 1 aliphatic carbocycles. The highest BCUT2D eigenvalue weighted by molar-refractivity contribution is 6.30. The summed E-state index contributed by atoms with van der Waals surface area (Å²) in [5.74, 6) is 0.195. The molecule has 3 unspecified atom stereocenters. The Hall–Kier alpha value is -1.06. The van der Waals surface area contributed by atoms with Gasteiger partial charge in [0.05, 0.1) is 6.04 Å². The molecule has 1 saturated carbocycles. The molecule has 3 N–H and O–H groups in total. The van der Waals surface area contributed by atoms with Crippen LogP contribution in [-0.2, 0) is 4.79 Å². The lowest BCUT2D eigenvalue weighted by molar-refractivity contribution is -0.125. The fourth-order valence-electron chi connectivity index (χ4n) is 2.42. The quantitative estimate of drug-likeness (QED) is 0.884. The molecular weight excluding hydrogens is 248 g/mol. The third-order valence-electron chi connectivity index (χ3n) is 3.57. The van der Waals surface area contributed by atoms with Crippen LogP contribution in [0.3, 0.4) is 0 Å². The molecule has 1 aromatic rings. The summed E-state index contributed by atoms with van der Waals surface area (Å²) in [7, 11) is 0. The number of hydrogen-bond donors (Lipinski definition) is 2. The topological polar surface area (TPSA) is 55.1 Å². The molecule has 4 heteroatoms. The normalized spacial score (nSPS) is 24.8. The van der Waals surface area contributed by atoms with Gasteiger partial charge < -0.3 is 11.1 Å². The lowest BCUT2D eigenvalue weighted by Crippen LogP contribution is -2.32. The molecule has 0 bridgehead atoms. The summed E-state index contributed by atoms with van der Waals surface area (Å²) in [5.41, 5.74) is 6.89. The van der Waals surface area contributed by atoms with Crippen LogP contribution in [0.5, 0.6) is 0 Å². The van der Waals surface area contributed by atoms with E-state index in [0.717, 1.165) is 24.8 Å². The second-order valence-corrected chi connectivity index (χ2v) is 5.49. The Balaban J connectivity index is 1.92. The Morgan fingerprint density at radius 1 is 1.39 bits per heavy atom. The average Bonchev–Trinajstić information content (AvgIpc) is 2.76. The fraction of sp³-hybridized carbons (Fsp3) is 0.500. The maximum atomic E-state index is 12.0. The predicted octanol–water partition coefficient (Wildman–Crippen LogP) is 2.64. The van der Waals surface area contributed by atoms with E-state index in [-0.39, 0.29) is 23.9 Å². The molecule has 0 saturated heterocycles. The van der Waals surface area contributed by atoms with Crippen molar-refractivity contribution in [3.8, 4) is 0 Å². The molecule has 1 aromatic carbocycles. The summed E-state index contributed by atoms with van der Waals surface area (Å²) < 4.78 is 0. The molecule has 0 spiro atoms. The van der Waals surface area contributed by atoms with Crippen molar-refractivity contribution >= 4 is 17.5 Å². The molecule has 0 radical (unpaired) electrons. The molecule has 18 heavy (non-hydrogen) atoms. The number of halogens is 1. The zero-order valence-electron chi connectivity index (χ0n) is 10.5. The molecular formula is C14H19ClN2O. The highest BCUT2D eigenvalue weighted by Crippen LogP contribution is 2.25. The minimum Gasteiger partial charge on any atom is -0.349 e. The van der Waals surface area contributed by atoms with Crippen molar-refractivity contribution in [2.75, 3.05) is 0 Å². The number of amides is 1. The van der Waals surface area contributed by atoms with Crippen molar-refractivity contribution in [1.82, 2.24) is 5.32 Å². The molecule has 1 aliphatic rings. The van der Waals surface area contributed by atoms with Gasteiger partial charge in [0.25, 0.3) is 0 Å². The molecule has 3 atom stereocenters. The summed E-state index contributed by atoms with van der Waals surface area (Å²) >= 11 is 5.84. The fourth-order valence-corrected chi connectivity index (χ4v) is 2.55. The first-order valence-corrected chi connectivity index (χ1v) is 6.75. The van der Waals surface area contributed by atoms with Crippen molar-refractivity contribution in [2.24, 2.45) is 11.7 Å². The van der Waals surface area contributed by atoms with E-state index < -0.39 is 0 Å². The predicted molar refractivity (Wildman–Crippen MR) is 73.3 cm³/mol. The lowest BCUT2D eigenvalue weighted by atomic mass is 10.0. The van der Waals surface area contributed by atoms with Gasteiger partial charge in [0.2, 0.25) is 5.91 Å². The molecule has 1 fully saturated rings. The molecule has 0 heterocycles. The number of nitrogens with two attached hydrogens (primary N) is 1. The number of rotatable bonds is 3. The first-order chi connectivity index (χ1) is 8.56. The van der Waals surface area contributed by atoms with Crippen LogP contribution in [0.25, 0.3) is 0 Å². The second-order valence-electron chi connectivity index (χ2n) is 5.05. The van der Waals surface area contributed by atoms with Gasteiger partial charge in [0.15, 0.2) is 0 Å². The van der Waals surface area contributed by atoms with Gasteiger partial charge in [-0.1, -0.05) is 23.7 Å². The largest absolute Gasteiger partial charge is 0.349 e. The Kier molecular flexibility index (Phi) is 4.25. The second kappa shape index (κ2) is 5.72. The summed E-state index contributed by atoms with van der Waals surface area (Å²) in [6.07, 6.45) is 2.66. The number of nitrogens with one attached hydrogen (secondary N) is 1. The van der Waals surface area contributed by atoms with Crippen molar-refractivity contribution in [3.05, 3.63) is 34.9 Å². The minimum absolute atomic E-state index is 0.00610. The van der Waals surface area contributed by atoms with Crippen LogP contribution in [0, 0.1) is 5.92 Å². The maximum absolute atomic E-state index is 12.0. The minimum atomic E-state index is 0.00610. The van der Waals surface area contributed by atoms with Gasteiger partial charge in [-0.25, -0.2) is 0 Å². The summed E-state index contributed by atoms with van der Waals surface area (Å²) in [6, 6.07) is 7.75. The van der Waals surface area contributed by atoms with Gasteiger partial charge in [-0.15, -0.1) is 0 Å². The number of benzene rings is 1. The molecule has 0 aromatic heterocycles. The summed E-state index contributed by atoms with van der Waals surface area (Å²) in [4.78, 5) is 12.0. The lowest BCUT2D eigenvalue weighted by Gasteiger charge is -2.17. The Morgan fingerprint density at radius 3 is 2.61 bits per heavy atom. The van der Waals surface area contributed by atoms with Crippen LogP contribution < -0.4 is 11.1 Å². The third-order valence-corrected chi connectivity index (χ3v) is 3.82. The first kappa shape index (κ1) is 13.4. The molecule has 2 rings (SSSR count). The van der Waals surface area contributed by atoms with E-state index in [9.17, 15) is 4.79 Å². The Morgan fingerprint density at radius 2 is 2.06 bits per heavy atom. The van der Waals surface area contributed by atoms with E-state index in [0.29, 0.717) is 5.02 Å². The number of carbonyl (C=O) groups is 1. The van der Waals surface area contributed by atoms with Gasteiger partial charge in [-0.05, 0) is 43.9 Å². The van der Waals surface area contributed by atoms with Crippen molar-refractivity contribution in [1.29, 1.82) is 0 Å². The molecule has 0 aliphatic heterocycles. The van der Waals surface area contributed by atoms with Crippen LogP contribution in [0.2, 0.25) is 5.02 Å². The van der Waals surface area contributed by atoms with E-state index in [4.69, 9.17) is 17.3 Å². The monoisotopic (exact) mass is 266 g/mol. The van der Waals surface area contributed by atoms with Crippen LogP contribution in [-0.4, -0.2) is 11.9 Å². The van der Waals surface area contributed by atoms with Crippen molar-refractivity contribution in [3.63, 3.8) is 0 Å². The molecule has 98 valence electrons. The van der Waals surface area contributed by atoms with Crippen LogP contribution in [0.1, 0.15) is 37.8 Å². The van der Waals surface area contributed by atoms with E-state index in [1.165, 1.54) is 0 Å². The van der Waals surface area contributed by atoms with Crippen molar-refractivity contribution in [2.45, 2.75) is 38.3 Å².